The summed E-state index contributed by atoms with van der Waals surface area (Å²) in [6.45, 7) is 1.31. The average Bonchev–Trinajstić information content (AvgIpc) is 2.66. The lowest BCUT2D eigenvalue weighted by atomic mass is 9.59. The van der Waals surface area contributed by atoms with Gasteiger partial charge in [-0.1, -0.05) is 6.07 Å². The highest BCUT2D eigenvalue weighted by atomic mass is 16.5. The Morgan fingerprint density at radius 1 is 1.20 bits per heavy atom. The predicted octanol–water partition coefficient (Wildman–Crippen LogP) is 1.67. The largest absolute Gasteiger partial charge is 0.508 e. The number of hydrogen-bond acceptors (Lipinski definition) is 8. The highest BCUT2D eigenvalue weighted by Crippen LogP contribution is 2.52. The molecule has 3 aliphatic rings. The second-order valence-corrected chi connectivity index (χ2v) is 8.13. The first-order valence-corrected chi connectivity index (χ1v) is 9.64. The first-order chi connectivity index (χ1) is 14.1. The first kappa shape index (κ1) is 20.3. The molecule has 4 rings (SSSR count). The zero-order valence-corrected chi connectivity index (χ0v) is 16.6. The van der Waals surface area contributed by atoms with Crippen molar-refractivity contribution >= 4 is 23.1 Å². The fourth-order valence-corrected chi connectivity index (χ4v) is 5.09. The minimum atomic E-state index is -2.47. The van der Waals surface area contributed by atoms with E-state index in [4.69, 9.17) is 4.74 Å². The Morgan fingerprint density at radius 3 is 2.53 bits per heavy atom. The number of benzene rings is 1. The fourth-order valence-electron chi connectivity index (χ4n) is 5.09. The van der Waals surface area contributed by atoms with Crippen molar-refractivity contribution in [1.82, 2.24) is 0 Å². The zero-order valence-electron chi connectivity index (χ0n) is 16.6. The van der Waals surface area contributed by atoms with Gasteiger partial charge in [0.25, 0.3) is 0 Å². The lowest BCUT2D eigenvalue weighted by Crippen LogP contribution is -2.57. The standard InChI is InChI=1S/C22H22O8/c1-9(23)16-15(25)7-12-5-11-6-13-10(8-30-2)3-4-14(24)18(13)19(26)17(11)21(28)22(12,29)20(16)27/h3-4,11-12,24,26-27,29H,5-8H2,1-2H3/t11-,12+,22-/m1/s1. The monoisotopic (exact) mass is 414 g/mol. The van der Waals surface area contributed by atoms with Gasteiger partial charge < -0.3 is 25.2 Å². The number of allylic oxidation sites excluding steroid dienone is 1. The summed E-state index contributed by atoms with van der Waals surface area (Å²) in [6.07, 6.45) is 0.173. The van der Waals surface area contributed by atoms with E-state index in [1.807, 2.05) is 0 Å². The highest BCUT2D eigenvalue weighted by molar-refractivity contribution is 6.23. The summed E-state index contributed by atoms with van der Waals surface area (Å²) in [6, 6.07) is 3.06. The van der Waals surface area contributed by atoms with Gasteiger partial charge in [-0.3, -0.25) is 14.4 Å². The normalized spacial score (nSPS) is 28.2. The number of ether oxygens (including phenoxy) is 1. The molecule has 30 heavy (non-hydrogen) atoms. The lowest BCUT2D eigenvalue weighted by molar-refractivity contribution is -0.147. The summed E-state index contributed by atoms with van der Waals surface area (Å²) in [4.78, 5) is 37.6. The van der Waals surface area contributed by atoms with Crippen LogP contribution >= 0.6 is 0 Å². The van der Waals surface area contributed by atoms with Crippen molar-refractivity contribution in [3.8, 4) is 5.75 Å². The molecule has 1 saturated carbocycles. The number of fused-ring (bicyclic) bond motifs is 3. The smallest absolute Gasteiger partial charge is 0.202 e. The van der Waals surface area contributed by atoms with E-state index in [1.54, 1.807) is 6.07 Å². The maximum absolute atomic E-state index is 13.4. The van der Waals surface area contributed by atoms with E-state index in [1.165, 1.54) is 13.2 Å². The molecule has 4 N–H and O–H groups in total. The maximum Gasteiger partial charge on any atom is 0.202 e. The third kappa shape index (κ3) is 2.57. The molecular formula is C22H22O8. The van der Waals surface area contributed by atoms with Gasteiger partial charge >= 0.3 is 0 Å². The van der Waals surface area contributed by atoms with Gasteiger partial charge in [0.1, 0.15) is 22.8 Å². The van der Waals surface area contributed by atoms with Crippen molar-refractivity contribution in [2.24, 2.45) is 11.8 Å². The Kier molecular flexibility index (Phi) is 4.59. The van der Waals surface area contributed by atoms with Crippen molar-refractivity contribution in [3.63, 3.8) is 0 Å². The predicted molar refractivity (Wildman–Crippen MR) is 104 cm³/mol. The minimum Gasteiger partial charge on any atom is -0.508 e. The Balaban J connectivity index is 1.92. The van der Waals surface area contributed by atoms with E-state index in [2.05, 4.69) is 0 Å². The number of aliphatic hydroxyl groups is 3. The van der Waals surface area contributed by atoms with Crippen LogP contribution in [0.15, 0.2) is 29.0 Å². The Morgan fingerprint density at radius 2 is 1.90 bits per heavy atom. The topological polar surface area (TPSA) is 141 Å². The number of aromatic hydroxyl groups is 1. The number of rotatable bonds is 3. The maximum atomic E-state index is 13.4. The summed E-state index contributed by atoms with van der Waals surface area (Å²) in [7, 11) is 1.52. The number of Topliss-reactive ketones (excluding diaryl/α,β-unsaturated/α-hetero) is 3. The first-order valence-electron chi connectivity index (χ1n) is 9.64. The van der Waals surface area contributed by atoms with Crippen LogP contribution in [0.2, 0.25) is 0 Å². The minimum absolute atomic E-state index is 0.0911. The zero-order chi connectivity index (χ0) is 22.0. The van der Waals surface area contributed by atoms with Gasteiger partial charge in [-0.15, -0.1) is 0 Å². The molecular weight excluding hydrogens is 392 g/mol. The van der Waals surface area contributed by atoms with Crippen LogP contribution in [0.4, 0.5) is 0 Å². The summed E-state index contributed by atoms with van der Waals surface area (Å²) in [5.41, 5.74) is -1.70. The van der Waals surface area contributed by atoms with E-state index in [-0.39, 0.29) is 36.3 Å². The number of ketones is 3. The molecule has 3 atom stereocenters. The summed E-state index contributed by atoms with van der Waals surface area (Å²) >= 11 is 0. The molecule has 1 aromatic rings. The molecule has 8 heteroatoms. The Hall–Kier alpha value is -2.97. The molecule has 0 bridgehead atoms. The average molecular weight is 414 g/mol. The number of hydrogen-bond donors (Lipinski definition) is 4. The number of aliphatic hydroxyl groups excluding tert-OH is 2. The van der Waals surface area contributed by atoms with E-state index in [0.717, 1.165) is 12.5 Å². The van der Waals surface area contributed by atoms with Gasteiger partial charge in [0, 0.05) is 25.0 Å². The van der Waals surface area contributed by atoms with Crippen LogP contribution in [0.1, 0.15) is 36.5 Å². The highest BCUT2D eigenvalue weighted by Gasteiger charge is 2.60. The molecule has 0 aromatic heterocycles. The molecule has 158 valence electrons. The molecule has 8 nitrogen and oxygen atoms in total. The van der Waals surface area contributed by atoms with Gasteiger partial charge in [-0.2, -0.15) is 0 Å². The number of methoxy groups -OCH3 is 1. The third-order valence-electron chi connectivity index (χ3n) is 6.45. The molecule has 0 amide bonds. The lowest BCUT2D eigenvalue weighted by Gasteiger charge is -2.46. The van der Waals surface area contributed by atoms with Crippen molar-refractivity contribution in [3.05, 3.63) is 45.7 Å². The second-order valence-electron chi connectivity index (χ2n) is 8.13. The third-order valence-corrected chi connectivity index (χ3v) is 6.45. The number of phenols is 1. The summed E-state index contributed by atoms with van der Waals surface area (Å²) in [5.74, 6) is -5.41. The number of carbonyl (C=O) groups excluding carboxylic acids is 3. The second kappa shape index (κ2) is 6.78. The molecule has 3 aliphatic carbocycles. The van der Waals surface area contributed by atoms with E-state index < -0.39 is 51.9 Å². The van der Waals surface area contributed by atoms with Gasteiger partial charge in [0.2, 0.25) is 5.78 Å². The van der Waals surface area contributed by atoms with Crippen molar-refractivity contribution in [2.75, 3.05) is 7.11 Å². The Labute approximate surface area is 172 Å². The van der Waals surface area contributed by atoms with Crippen molar-refractivity contribution in [1.29, 1.82) is 0 Å². The molecule has 0 unspecified atom stereocenters. The number of phenolic OH excluding ortho intramolecular Hbond substituents is 1. The van der Waals surface area contributed by atoms with Gasteiger partial charge in [-0.05, 0) is 42.9 Å². The summed E-state index contributed by atoms with van der Waals surface area (Å²) in [5, 5.41) is 43.0. The van der Waals surface area contributed by atoms with E-state index in [0.29, 0.717) is 12.0 Å². The van der Waals surface area contributed by atoms with Crippen LogP contribution in [0.25, 0.3) is 5.76 Å². The van der Waals surface area contributed by atoms with Crippen molar-refractivity contribution < 1.29 is 39.5 Å². The molecule has 1 aromatic carbocycles. The van der Waals surface area contributed by atoms with Gasteiger partial charge in [-0.25, -0.2) is 0 Å². The van der Waals surface area contributed by atoms with Gasteiger partial charge in [0.15, 0.2) is 17.2 Å². The molecule has 0 radical (unpaired) electrons. The van der Waals surface area contributed by atoms with Gasteiger partial charge in [0.05, 0.1) is 12.2 Å². The van der Waals surface area contributed by atoms with Crippen LogP contribution < -0.4 is 0 Å². The SMILES string of the molecule is COCc1ccc(O)c2c1C[C@H]1C[C@H]3CC(=O)C(C(C)=O)=C(O)[C@@]3(O)C(=O)C1=C2O. The summed E-state index contributed by atoms with van der Waals surface area (Å²) < 4.78 is 5.19. The van der Waals surface area contributed by atoms with Crippen molar-refractivity contribution in [2.45, 2.75) is 38.4 Å². The fraction of sp³-hybridized carbons (Fsp3) is 0.409. The van der Waals surface area contributed by atoms with Crippen LogP contribution in [-0.2, 0) is 32.1 Å². The molecule has 0 saturated heterocycles. The quantitative estimate of drug-likeness (QED) is 0.548. The van der Waals surface area contributed by atoms with Crippen LogP contribution in [-0.4, -0.2) is 50.5 Å². The van der Waals surface area contributed by atoms with E-state index >= 15 is 0 Å². The van der Waals surface area contributed by atoms with Crippen LogP contribution in [0.3, 0.4) is 0 Å². The number of carbonyl (C=O) groups is 3. The molecule has 1 fully saturated rings. The molecule has 0 aliphatic heterocycles. The molecule has 0 spiro atoms. The molecule has 0 heterocycles. The van der Waals surface area contributed by atoms with E-state index in [9.17, 15) is 34.8 Å². The van der Waals surface area contributed by atoms with Crippen LogP contribution in [0, 0.1) is 11.8 Å². The van der Waals surface area contributed by atoms with Crippen LogP contribution in [0.5, 0.6) is 5.75 Å². The Bertz CT molecular complexity index is 1060.